The van der Waals surface area contributed by atoms with Crippen LogP contribution in [0.4, 0.5) is 18.9 Å². The first-order chi connectivity index (χ1) is 17.5. The maximum Gasteiger partial charge on any atom is 0.435 e. The van der Waals surface area contributed by atoms with Gasteiger partial charge in [-0.1, -0.05) is 56.7 Å². The molecule has 1 aromatic carbocycles. The number of hydrogen-bond acceptors (Lipinski definition) is 5. The van der Waals surface area contributed by atoms with Crippen LogP contribution in [0.2, 0.25) is 0 Å². The van der Waals surface area contributed by atoms with Gasteiger partial charge in [-0.3, -0.25) is 9.40 Å². The Balaban J connectivity index is 1.43. The summed E-state index contributed by atoms with van der Waals surface area (Å²) in [5.41, 5.74) is 0.491. The minimum atomic E-state index is -4.57. The van der Waals surface area contributed by atoms with Crippen molar-refractivity contribution in [3.05, 3.63) is 53.7 Å². The number of rotatable bonds is 9. The fourth-order valence-electron chi connectivity index (χ4n) is 4.87. The highest BCUT2D eigenvalue weighted by Crippen LogP contribution is 2.36. The van der Waals surface area contributed by atoms with Crippen LogP contribution in [0.15, 0.2) is 46.7 Å². The molecule has 0 saturated heterocycles. The van der Waals surface area contributed by atoms with Gasteiger partial charge in [-0.15, -0.1) is 11.3 Å². The summed E-state index contributed by atoms with van der Waals surface area (Å²) in [6.07, 6.45) is 4.35. The number of aryl methyl sites for hydroxylation is 1. The number of nitrogens with one attached hydrogen (secondary N) is 2. The molecule has 1 aliphatic carbocycles. The van der Waals surface area contributed by atoms with Gasteiger partial charge in [0.15, 0.2) is 5.69 Å². The number of sulfonamides is 1. The van der Waals surface area contributed by atoms with Gasteiger partial charge in [-0.25, -0.2) is 8.42 Å². The molecule has 0 aliphatic heterocycles. The van der Waals surface area contributed by atoms with Gasteiger partial charge in [0, 0.05) is 19.6 Å². The largest absolute Gasteiger partial charge is 0.435 e. The molecule has 6 nitrogen and oxygen atoms in total. The fourth-order valence-corrected chi connectivity index (χ4v) is 7.33. The summed E-state index contributed by atoms with van der Waals surface area (Å²) in [5.74, 6) is 0.735. The molecule has 0 radical (unpaired) electrons. The van der Waals surface area contributed by atoms with Crippen molar-refractivity contribution in [2.75, 3.05) is 4.72 Å². The van der Waals surface area contributed by atoms with Crippen LogP contribution in [0.5, 0.6) is 0 Å². The van der Waals surface area contributed by atoms with Crippen LogP contribution < -0.4 is 10.0 Å². The molecule has 2 heterocycles. The van der Waals surface area contributed by atoms with E-state index in [0.717, 1.165) is 40.0 Å². The summed E-state index contributed by atoms with van der Waals surface area (Å²) < 4.78 is 69.2. The molecule has 0 bridgehead atoms. The van der Waals surface area contributed by atoms with Gasteiger partial charge in [-0.05, 0) is 49.1 Å². The van der Waals surface area contributed by atoms with Gasteiger partial charge in [0.1, 0.15) is 4.21 Å². The Hall–Kier alpha value is -2.37. The molecule has 1 saturated carbocycles. The third-order valence-electron chi connectivity index (χ3n) is 6.83. The molecule has 0 unspecified atom stereocenters. The molecular weight excluding hydrogens is 521 g/mol. The molecule has 3 aromatic rings. The molecular formula is C26H33F3N4O2S2. The first kappa shape index (κ1) is 27.7. The fraction of sp³-hybridized carbons (Fsp3) is 0.500. The number of halogens is 3. The molecule has 2 N–H and O–H groups in total. The second-order valence-corrected chi connectivity index (χ2v) is 12.8. The quantitative estimate of drug-likeness (QED) is 0.285. The van der Waals surface area contributed by atoms with E-state index in [1.807, 2.05) is 12.1 Å². The zero-order valence-corrected chi connectivity index (χ0v) is 22.6. The lowest BCUT2D eigenvalue weighted by atomic mass is 9.93. The van der Waals surface area contributed by atoms with E-state index in [-0.39, 0.29) is 9.90 Å². The lowest BCUT2D eigenvalue weighted by molar-refractivity contribution is -0.141. The summed E-state index contributed by atoms with van der Waals surface area (Å²) in [7, 11) is -2.53. The normalized spacial score (nSPS) is 16.5. The van der Waals surface area contributed by atoms with E-state index in [0.29, 0.717) is 23.2 Å². The highest BCUT2D eigenvalue weighted by atomic mass is 32.2. The van der Waals surface area contributed by atoms with Crippen molar-refractivity contribution < 1.29 is 21.6 Å². The Morgan fingerprint density at radius 1 is 1.11 bits per heavy atom. The molecule has 202 valence electrons. The van der Waals surface area contributed by atoms with Crippen LogP contribution in [0.1, 0.15) is 63.1 Å². The number of nitrogens with zero attached hydrogens (tertiary/aromatic N) is 2. The van der Waals surface area contributed by atoms with Crippen molar-refractivity contribution in [1.82, 2.24) is 15.1 Å². The molecule has 37 heavy (non-hydrogen) atoms. The molecule has 0 spiro atoms. The highest BCUT2D eigenvalue weighted by molar-refractivity contribution is 7.94. The van der Waals surface area contributed by atoms with Crippen molar-refractivity contribution in [2.45, 2.75) is 74.8 Å². The number of benzene rings is 1. The first-order valence-electron chi connectivity index (χ1n) is 12.6. The average Bonchev–Trinajstić information content (AvgIpc) is 3.40. The van der Waals surface area contributed by atoms with Crippen molar-refractivity contribution >= 4 is 27.0 Å². The van der Waals surface area contributed by atoms with Gasteiger partial charge >= 0.3 is 6.18 Å². The Labute approximate surface area is 220 Å². The van der Waals surface area contributed by atoms with Crippen LogP contribution in [0.25, 0.3) is 10.6 Å². The number of thiophene rings is 1. The lowest BCUT2D eigenvalue weighted by Gasteiger charge is -2.21. The van der Waals surface area contributed by atoms with Crippen LogP contribution in [-0.2, 0) is 29.8 Å². The predicted molar refractivity (Wildman–Crippen MR) is 141 cm³/mol. The standard InChI is InChI=1S/C26H33F3N4O2S2/c1-18(15-19-9-5-3-4-6-10-19)30-17-20-11-7-8-12-21(20)32-37(34,35)25-14-13-23(36-25)22-16-24(26(27,28)29)31-33(22)2/h7-8,11-14,16,18-19,30,32H,3-6,9-10,15,17H2,1-2H3/t18-/m0/s1. The SMILES string of the molecule is C[C@@H](CC1CCCCCC1)NCc1ccccc1NS(=O)(=O)c1ccc(-c2cc(C(F)(F)F)nn2C)s1. The average molecular weight is 555 g/mol. The van der Waals surface area contributed by atoms with Crippen molar-refractivity contribution in [3.63, 3.8) is 0 Å². The first-order valence-corrected chi connectivity index (χ1v) is 14.9. The number of alkyl halides is 3. The summed E-state index contributed by atoms with van der Waals surface area (Å²) in [6.45, 7) is 2.70. The Kier molecular flexibility index (Phi) is 8.65. The van der Waals surface area contributed by atoms with Crippen molar-refractivity contribution in [1.29, 1.82) is 0 Å². The molecule has 4 rings (SSSR count). The number of anilines is 1. The van der Waals surface area contributed by atoms with Gasteiger partial charge in [0.25, 0.3) is 10.0 Å². The van der Waals surface area contributed by atoms with E-state index < -0.39 is 21.9 Å². The lowest BCUT2D eigenvalue weighted by Crippen LogP contribution is -2.28. The zero-order chi connectivity index (χ0) is 26.6. The van der Waals surface area contributed by atoms with E-state index in [2.05, 4.69) is 22.1 Å². The summed E-state index contributed by atoms with van der Waals surface area (Å²) in [4.78, 5) is 0.383. The molecule has 1 fully saturated rings. The summed E-state index contributed by atoms with van der Waals surface area (Å²) >= 11 is 0.901. The van der Waals surface area contributed by atoms with Crippen LogP contribution in [-0.4, -0.2) is 24.2 Å². The number of para-hydroxylation sites is 1. The smallest absolute Gasteiger partial charge is 0.310 e. The highest BCUT2D eigenvalue weighted by Gasteiger charge is 2.35. The third-order valence-corrected chi connectivity index (χ3v) is 9.80. The minimum Gasteiger partial charge on any atom is -0.310 e. The number of aromatic nitrogens is 2. The Morgan fingerprint density at radius 2 is 1.81 bits per heavy atom. The van der Waals surface area contributed by atoms with Crippen molar-refractivity contribution in [2.24, 2.45) is 13.0 Å². The third kappa shape index (κ3) is 7.14. The molecule has 0 amide bonds. The van der Waals surface area contributed by atoms with E-state index in [9.17, 15) is 21.6 Å². The minimum absolute atomic E-state index is 0.0155. The van der Waals surface area contributed by atoms with E-state index in [1.165, 1.54) is 57.7 Å². The molecule has 11 heteroatoms. The predicted octanol–water partition coefficient (Wildman–Crippen LogP) is 6.81. The van der Waals surface area contributed by atoms with Crippen LogP contribution in [0.3, 0.4) is 0 Å². The van der Waals surface area contributed by atoms with Gasteiger partial charge in [-0.2, -0.15) is 18.3 Å². The summed E-state index contributed by atoms with van der Waals surface area (Å²) in [5, 5.41) is 7.06. The maximum absolute atomic E-state index is 13.2. The van der Waals surface area contributed by atoms with Gasteiger partial charge in [0.05, 0.1) is 16.3 Å². The second-order valence-electron chi connectivity index (χ2n) is 9.79. The van der Waals surface area contributed by atoms with E-state index in [4.69, 9.17) is 0 Å². The number of hydrogen-bond donors (Lipinski definition) is 2. The van der Waals surface area contributed by atoms with Crippen LogP contribution in [0, 0.1) is 5.92 Å². The maximum atomic E-state index is 13.2. The monoisotopic (exact) mass is 554 g/mol. The van der Waals surface area contributed by atoms with Gasteiger partial charge < -0.3 is 5.32 Å². The van der Waals surface area contributed by atoms with E-state index in [1.54, 1.807) is 12.1 Å². The molecule has 1 atom stereocenters. The Bertz CT molecular complexity index is 1290. The zero-order valence-electron chi connectivity index (χ0n) is 21.0. The van der Waals surface area contributed by atoms with Gasteiger partial charge in [0.2, 0.25) is 0 Å². The topological polar surface area (TPSA) is 76.0 Å². The Morgan fingerprint density at radius 3 is 2.49 bits per heavy atom. The second kappa shape index (κ2) is 11.6. The van der Waals surface area contributed by atoms with Crippen LogP contribution >= 0.6 is 11.3 Å². The van der Waals surface area contributed by atoms with Crippen molar-refractivity contribution in [3.8, 4) is 10.6 Å². The summed E-state index contributed by atoms with van der Waals surface area (Å²) in [6, 6.07) is 11.4. The molecule has 1 aliphatic rings. The van der Waals surface area contributed by atoms with E-state index >= 15 is 0 Å². The molecule has 2 aromatic heterocycles.